The van der Waals surface area contributed by atoms with E-state index in [1.807, 2.05) is 60.7 Å². The highest BCUT2D eigenvalue weighted by molar-refractivity contribution is 6.34. The Morgan fingerprint density at radius 1 is 0.720 bits per heavy atom. The number of fused-ring (bicyclic) bond motifs is 2. The molecule has 0 saturated carbocycles. The molecule has 0 atom stereocenters. The van der Waals surface area contributed by atoms with E-state index >= 15 is 0 Å². The Hall–Kier alpha value is -1.80. The molecule has 0 fully saturated rings. The van der Waals surface area contributed by atoms with Gasteiger partial charge >= 0.3 is 0 Å². The van der Waals surface area contributed by atoms with E-state index in [0.29, 0.717) is 32.6 Å². The van der Waals surface area contributed by atoms with Crippen molar-refractivity contribution in [2.75, 3.05) is 0 Å². The van der Waals surface area contributed by atoms with Crippen molar-refractivity contribution >= 4 is 40.6 Å². The molecule has 4 heteroatoms. The van der Waals surface area contributed by atoms with Crippen LogP contribution in [0.4, 0.5) is 0 Å². The van der Waals surface area contributed by atoms with Crippen LogP contribution >= 0.6 is 34.8 Å². The average molecular weight is 388 g/mol. The van der Waals surface area contributed by atoms with Gasteiger partial charge in [-0.15, -0.1) is 0 Å². The first-order valence-corrected chi connectivity index (χ1v) is 9.05. The molecule has 0 amide bonds. The third-order valence-electron chi connectivity index (χ3n) is 4.65. The fourth-order valence-electron chi connectivity index (χ4n) is 3.53. The molecular weight excluding hydrogens is 375 g/mol. The maximum atomic E-state index is 12.9. The Kier molecular flexibility index (Phi) is 4.33. The van der Waals surface area contributed by atoms with E-state index in [1.165, 1.54) is 0 Å². The normalized spacial score (nSPS) is 13.5. The maximum absolute atomic E-state index is 12.9. The van der Waals surface area contributed by atoms with E-state index in [0.717, 1.165) is 16.7 Å². The summed E-state index contributed by atoms with van der Waals surface area (Å²) in [6, 6.07) is 18.7. The lowest BCUT2D eigenvalue weighted by Crippen LogP contribution is -2.22. The smallest absolute Gasteiger partial charge is 0.193 e. The van der Waals surface area contributed by atoms with Gasteiger partial charge in [-0.2, -0.15) is 0 Å². The van der Waals surface area contributed by atoms with Crippen LogP contribution in [0, 0.1) is 0 Å². The van der Waals surface area contributed by atoms with Crippen molar-refractivity contribution in [1.82, 2.24) is 0 Å². The summed E-state index contributed by atoms with van der Waals surface area (Å²) in [5, 5.41) is 1.88. The highest BCUT2D eigenvalue weighted by Gasteiger charge is 2.34. The number of benzene rings is 3. The average Bonchev–Trinajstić information content (AvgIpc) is 2.60. The van der Waals surface area contributed by atoms with Crippen LogP contribution in [0.3, 0.4) is 0 Å². The van der Waals surface area contributed by atoms with Crippen LogP contribution in [0.1, 0.15) is 38.5 Å². The monoisotopic (exact) mass is 386 g/mol. The summed E-state index contributed by atoms with van der Waals surface area (Å²) in [5.41, 5.74) is 4.12. The van der Waals surface area contributed by atoms with Gasteiger partial charge in [-0.05, 0) is 47.4 Å². The first-order valence-electron chi connectivity index (χ1n) is 7.92. The van der Waals surface area contributed by atoms with Crippen molar-refractivity contribution in [3.05, 3.63) is 104 Å². The largest absolute Gasteiger partial charge is 0.289 e. The summed E-state index contributed by atoms with van der Waals surface area (Å²) in [7, 11) is 0. The molecule has 0 heterocycles. The SMILES string of the molecule is O=C1c2cccc(Cl)c2C(Cc2ccc(Cl)cc2)c2c(Cl)cccc21. The first kappa shape index (κ1) is 16.7. The molecule has 0 bridgehead atoms. The third-order valence-corrected chi connectivity index (χ3v) is 5.56. The number of rotatable bonds is 2. The predicted octanol–water partition coefficient (Wildman–Crippen LogP) is 6.57. The summed E-state index contributed by atoms with van der Waals surface area (Å²) in [6.45, 7) is 0. The van der Waals surface area contributed by atoms with Gasteiger partial charge in [-0.3, -0.25) is 4.79 Å². The van der Waals surface area contributed by atoms with Crippen molar-refractivity contribution < 1.29 is 4.79 Å². The van der Waals surface area contributed by atoms with Crippen LogP contribution in [0.2, 0.25) is 15.1 Å². The lowest BCUT2D eigenvalue weighted by molar-refractivity contribution is 0.103. The maximum Gasteiger partial charge on any atom is 0.193 e. The minimum Gasteiger partial charge on any atom is -0.289 e. The Morgan fingerprint density at radius 2 is 1.24 bits per heavy atom. The number of halogens is 3. The molecule has 1 aliphatic rings. The molecular formula is C21H13Cl3O. The van der Waals surface area contributed by atoms with Gasteiger partial charge in [0.1, 0.15) is 0 Å². The predicted molar refractivity (Wildman–Crippen MR) is 103 cm³/mol. The van der Waals surface area contributed by atoms with Crippen molar-refractivity contribution in [3.63, 3.8) is 0 Å². The minimum absolute atomic E-state index is 0.0256. The molecule has 0 aromatic heterocycles. The van der Waals surface area contributed by atoms with Crippen molar-refractivity contribution in [3.8, 4) is 0 Å². The van der Waals surface area contributed by atoms with E-state index in [2.05, 4.69) is 0 Å². The Labute approximate surface area is 161 Å². The molecule has 0 radical (unpaired) electrons. The second-order valence-corrected chi connectivity index (χ2v) is 7.37. The zero-order chi connectivity index (χ0) is 17.6. The molecule has 0 aliphatic heterocycles. The van der Waals surface area contributed by atoms with Crippen molar-refractivity contribution in [2.45, 2.75) is 12.3 Å². The van der Waals surface area contributed by atoms with Crippen LogP contribution in [-0.4, -0.2) is 5.78 Å². The second kappa shape index (κ2) is 6.49. The highest BCUT2D eigenvalue weighted by Crippen LogP contribution is 2.44. The summed E-state index contributed by atoms with van der Waals surface area (Å²) < 4.78 is 0. The van der Waals surface area contributed by atoms with Crippen LogP contribution < -0.4 is 0 Å². The van der Waals surface area contributed by atoms with Crippen molar-refractivity contribution in [2.24, 2.45) is 0 Å². The van der Waals surface area contributed by atoms with Crippen LogP contribution in [0.15, 0.2) is 60.7 Å². The summed E-state index contributed by atoms with van der Waals surface area (Å²) in [4.78, 5) is 12.9. The lowest BCUT2D eigenvalue weighted by atomic mass is 9.75. The Morgan fingerprint density at radius 3 is 1.76 bits per heavy atom. The summed E-state index contributed by atoms with van der Waals surface area (Å²) in [6.07, 6.45) is 0.692. The molecule has 25 heavy (non-hydrogen) atoms. The van der Waals surface area contributed by atoms with Gasteiger partial charge in [-0.25, -0.2) is 0 Å². The number of ketones is 1. The van der Waals surface area contributed by atoms with E-state index in [9.17, 15) is 4.79 Å². The quantitative estimate of drug-likeness (QED) is 0.486. The standard InChI is InChI=1S/C21H13Cl3O/c22-13-9-7-12(8-10-13)11-16-19-14(3-1-5-17(19)23)21(25)15-4-2-6-18(24)20(15)16/h1-10,16H,11H2. The van der Waals surface area contributed by atoms with Gasteiger partial charge < -0.3 is 0 Å². The fourth-order valence-corrected chi connectivity index (χ4v) is 4.27. The first-order chi connectivity index (χ1) is 12.1. The van der Waals surface area contributed by atoms with E-state index in [-0.39, 0.29) is 11.7 Å². The van der Waals surface area contributed by atoms with Crippen molar-refractivity contribution in [1.29, 1.82) is 0 Å². The fraction of sp³-hybridized carbons (Fsp3) is 0.0952. The number of hydrogen-bond acceptors (Lipinski definition) is 1. The number of hydrogen-bond donors (Lipinski definition) is 0. The molecule has 0 unspecified atom stereocenters. The summed E-state index contributed by atoms with van der Waals surface area (Å²) in [5.74, 6) is -0.103. The number of carbonyl (C=O) groups excluding carboxylic acids is 1. The van der Waals surface area contributed by atoms with Gasteiger partial charge in [0.25, 0.3) is 0 Å². The summed E-state index contributed by atoms with van der Waals surface area (Å²) >= 11 is 19.0. The van der Waals surface area contributed by atoms with E-state index < -0.39 is 0 Å². The van der Waals surface area contributed by atoms with Gasteiger partial charge in [0.2, 0.25) is 0 Å². The van der Waals surface area contributed by atoms with Gasteiger partial charge in [0.05, 0.1) is 0 Å². The topological polar surface area (TPSA) is 17.1 Å². The molecule has 1 nitrogen and oxygen atoms in total. The van der Waals surface area contributed by atoms with E-state index in [4.69, 9.17) is 34.8 Å². The van der Waals surface area contributed by atoms with Gasteiger partial charge in [0.15, 0.2) is 5.78 Å². The van der Waals surface area contributed by atoms with Gasteiger partial charge in [-0.1, -0.05) is 71.2 Å². The van der Waals surface area contributed by atoms with Crippen LogP contribution in [-0.2, 0) is 6.42 Å². The minimum atomic E-state index is -0.0775. The van der Waals surface area contributed by atoms with Crippen LogP contribution in [0.5, 0.6) is 0 Å². The molecule has 3 aromatic rings. The lowest BCUT2D eigenvalue weighted by Gasteiger charge is -2.29. The molecule has 0 spiro atoms. The number of carbonyl (C=O) groups is 1. The highest BCUT2D eigenvalue weighted by atomic mass is 35.5. The molecule has 0 saturated heterocycles. The van der Waals surface area contributed by atoms with Gasteiger partial charge in [0, 0.05) is 32.1 Å². The molecule has 3 aromatic carbocycles. The zero-order valence-electron chi connectivity index (χ0n) is 13.1. The zero-order valence-corrected chi connectivity index (χ0v) is 15.4. The molecule has 1 aliphatic carbocycles. The second-order valence-electron chi connectivity index (χ2n) is 6.11. The molecule has 4 rings (SSSR count). The van der Waals surface area contributed by atoms with Crippen LogP contribution in [0.25, 0.3) is 0 Å². The molecule has 0 N–H and O–H groups in total. The van der Waals surface area contributed by atoms with E-state index in [1.54, 1.807) is 0 Å². The molecule has 124 valence electrons. The third kappa shape index (κ3) is 2.87. The Balaban J connectivity index is 1.92. The Bertz CT molecular complexity index is 921.